The van der Waals surface area contributed by atoms with Gasteiger partial charge in [-0.1, -0.05) is 12.7 Å². The number of esters is 1. The van der Waals surface area contributed by atoms with E-state index in [1.807, 2.05) is 0 Å². The highest BCUT2D eigenvalue weighted by Gasteiger charge is 2.19. The summed E-state index contributed by atoms with van der Waals surface area (Å²) < 4.78 is 42.5. The van der Waals surface area contributed by atoms with Gasteiger partial charge in [-0.25, -0.2) is 9.18 Å². The lowest BCUT2D eigenvalue weighted by atomic mass is 10.2. The molecule has 0 saturated carbocycles. The lowest BCUT2D eigenvalue weighted by Crippen LogP contribution is -2.11. The van der Waals surface area contributed by atoms with E-state index in [0.29, 0.717) is 6.07 Å². The highest BCUT2D eigenvalue weighted by atomic mass is 19.2. The number of hydrogen-bond donors (Lipinski definition) is 0. The van der Waals surface area contributed by atoms with Gasteiger partial charge in [0.2, 0.25) is 5.95 Å². The van der Waals surface area contributed by atoms with E-state index < -0.39 is 29.2 Å². The normalized spacial score (nSPS) is 9.80. The van der Waals surface area contributed by atoms with E-state index in [1.165, 1.54) is 6.08 Å². The highest BCUT2D eigenvalue weighted by Crippen LogP contribution is 2.12. The first-order chi connectivity index (χ1) is 7.06. The fourth-order valence-electron chi connectivity index (χ4n) is 0.830. The van der Waals surface area contributed by atoms with Crippen LogP contribution in [0.2, 0.25) is 0 Å². The average molecular weight is 217 g/mol. The SMILES string of the molecule is C=CCOC(=O)c1cc(F)nc(F)c1F. The van der Waals surface area contributed by atoms with E-state index >= 15 is 0 Å². The molecule has 0 N–H and O–H groups in total. The maximum atomic E-state index is 12.9. The maximum Gasteiger partial charge on any atom is 0.341 e. The summed E-state index contributed by atoms with van der Waals surface area (Å²) in [5, 5.41) is 0. The molecule has 1 aromatic rings. The third-order valence-electron chi connectivity index (χ3n) is 1.44. The van der Waals surface area contributed by atoms with E-state index in [1.54, 1.807) is 0 Å². The summed E-state index contributed by atoms with van der Waals surface area (Å²) in [6.45, 7) is 3.08. The molecule has 6 heteroatoms. The van der Waals surface area contributed by atoms with Crippen LogP contribution in [0.5, 0.6) is 0 Å². The van der Waals surface area contributed by atoms with Crippen molar-refractivity contribution in [3.05, 3.63) is 42.0 Å². The molecule has 1 heterocycles. The van der Waals surface area contributed by atoms with Crippen LogP contribution >= 0.6 is 0 Å². The second-order valence-electron chi connectivity index (χ2n) is 2.48. The van der Waals surface area contributed by atoms with Crippen molar-refractivity contribution in [3.63, 3.8) is 0 Å². The van der Waals surface area contributed by atoms with Crippen LogP contribution in [0.1, 0.15) is 10.4 Å². The van der Waals surface area contributed by atoms with Crippen molar-refractivity contribution < 1.29 is 22.7 Å². The standard InChI is InChI=1S/C9H6F3NO2/c1-2-3-15-9(14)5-4-6(10)13-8(12)7(5)11/h2,4H,1,3H2. The van der Waals surface area contributed by atoms with Gasteiger partial charge in [-0.3, -0.25) is 0 Å². The highest BCUT2D eigenvalue weighted by molar-refractivity contribution is 5.89. The molecule has 0 amide bonds. The largest absolute Gasteiger partial charge is 0.458 e. The molecule has 0 atom stereocenters. The predicted octanol–water partition coefficient (Wildman–Crippen LogP) is 1.84. The van der Waals surface area contributed by atoms with Crippen molar-refractivity contribution in [2.75, 3.05) is 6.61 Å². The summed E-state index contributed by atoms with van der Waals surface area (Å²) in [5.41, 5.74) is -0.832. The van der Waals surface area contributed by atoms with Crippen LogP contribution in [0.3, 0.4) is 0 Å². The molecular weight excluding hydrogens is 211 g/mol. The van der Waals surface area contributed by atoms with Gasteiger partial charge >= 0.3 is 5.97 Å². The van der Waals surface area contributed by atoms with Gasteiger partial charge in [-0.2, -0.15) is 13.8 Å². The van der Waals surface area contributed by atoms with Crippen LogP contribution in [-0.2, 0) is 4.74 Å². The van der Waals surface area contributed by atoms with Crippen LogP contribution in [0, 0.1) is 17.7 Å². The van der Waals surface area contributed by atoms with E-state index in [2.05, 4.69) is 16.3 Å². The summed E-state index contributed by atoms with van der Waals surface area (Å²) in [6, 6.07) is 0.462. The Kier molecular flexibility index (Phi) is 3.43. The molecule has 1 rings (SSSR count). The molecule has 0 aromatic carbocycles. The first-order valence-corrected chi connectivity index (χ1v) is 3.85. The van der Waals surface area contributed by atoms with Gasteiger partial charge in [0, 0.05) is 6.07 Å². The summed E-state index contributed by atoms with van der Waals surface area (Å²) in [5.74, 6) is -5.68. The number of halogens is 3. The Hall–Kier alpha value is -1.85. The van der Waals surface area contributed by atoms with E-state index in [9.17, 15) is 18.0 Å². The summed E-state index contributed by atoms with van der Waals surface area (Å²) in [6.07, 6.45) is 1.24. The molecule has 0 fully saturated rings. The molecule has 0 unspecified atom stereocenters. The smallest absolute Gasteiger partial charge is 0.341 e. The minimum absolute atomic E-state index is 0.177. The number of hydrogen-bond acceptors (Lipinski definition) is 3. The Bertz CT molecular complexity index is 407. The van der Waals surface area contributed by atoms with E-state index in [-0.39, 0.29) is 6.61 Å². The summed E-state index contributed by atoms with van der Waals surface area (Å²) in [7, 11) is 0. The number of pyridine rings is 1. The number of nitrogens with zero attached hydrogens (tertiary/aromatic N) is 1. The monoisotopic (exact) mass is 217 g/mol. The lowest BCUT2D eigenvalue weighted by Gasteiger charge is -2.03. The molecule has 0 aliphatic carbocycles. The molecule has 0 saturated heterocycles. The third kappa shape index (κ3) is 2.55. The molecule has 0 spiro atoms. The zero-order chi connectivity index (χ0) is 11.4. The molecule has 3 nitrogen and oxygen atoms in total. The lowest BCUT2D eigenvalue weighted by molar-refractivity contribution is 0.0541. The van der Waals surface area contributed by atoms with Gasteiger partial charge in [-0.15, -0.1) is 0 Å². The fraction of sp³-hybridized carbons (Fsp3) is 0.111. The van der Waals surface area contributed by atoms with Gasteiger partial charge < -0.3 is 4.74 Å². The molecule has 80 valence electrons. The van der Waals surface area contributed by atoms with E-state index in [0.717, 1.165) is 0 Å². The number of carbonyl (C=O) groups is 1. The van der Waals surface area contributed by atoms with Gasteiger partial charge in [0.15, 0.2) is 5.82 Å². The molecule has 0 radical (unpaired) electrons. The molecule has 0 aliphatic rings. The summed E-state index contributed by atoms with van der Waals surface area (Å²) in [4.78, 5) is 13.6. The minimum Gasteiger partial charge on any atom is -0.458 e. The second kappa shape index (κ2) is 4.59. The zero-order valence-corrected chi connectivity index (χ0v) is 7.47. The first-order valence-electron chi connectivity index (χ1n) is 3.85. The van der Waals surface area contributed by atoms with Crippen molar-refractivity contribution >= 4 is 5.97 Å². The molecule has 1 aromatic heterocycles. The van der Waals surface area contributed by atoms with Gasteiger partial charge in [0.1, 0.15) is 12.2 Å². The molecule has 0 aliphatic heterocycles. The topological polar surface area (TPSA) is 39.2 Å². The second-order valence-corrected chi connectivity index (χ2v) is 2.48. The van der Waals surface area contributed by atoms with E-state index in [4.69, 9.17) is 0 Å². The van der Waals surface area contributed by atoms with Gasteiger partial charge in [0.05, 0.1) is 0 Å². The van der Waals surface area contributed by atoms with Crippen molar-refractivity contribution in [2.24, 2.45) is 0 Å². The molecule has 15 heavy (non-hydrogen) atoms. The third-order valence-corrected chi connectivity index (χ3v) is 1.44. The fourth-order valence-corrected chi connectivity index (χ4v) is 0.830. The number of rotatable bonds is 3. The van der Waals surface area contributed by atoms with Crippen LogP contribution in [0.4, 0.5) is 13.2 Å². The molecular formula is C9H6F3NO2. The number of aromatic nitrogens is 1. The first kappa shape index (κ1) is 11.2. The Morgan fingerprint density at radius 3 is 2.80 bits per heavy atom. The Labute approximate surface area is 83.2 Å². The van der Waals surface area contributed by atoms with Crippen LogP contribution in [0.25, 0.3) is 0 Å². The van der Waals surface area contributed by atoms with Crippen molar-refractivity contribution in [1.29, 1.82) is 0 Å². The van der Waals surface area contributed by atoms with Crippen molar-refractivity contribution in [2.45, 2.75) is 0 Å². The van der Waals surface area contributed by atoms with Crippen molar-refractivity contribution in [3.8, 4) is 0 Å². The number of carbonyl (C=O) groups excluding carboxylic acids is 1. The van der Waals surface area contributed by atoms with Gasteiger partial charge in [0.25, 0.3) is 5.95 Å². The van der Waals surface area contributed by atoms with Crippen LogP contribution in [-0.4, -0.2) is 17.6 Å². The quantitative estimate of drug-likeness (QED) is 0.440. The minimum atomic E-state index is -1.68. The Balaban J connectivity index is 3.02. The predicted molar refractivity (Wildman–Crippen MR) is 44.6 cm³/mol. The average Bonchev–Trinajstić information content (AvgIpc) is 2.19. The Morgan fingerprint density at radius 2 is 2.20 bits per heavy atom. The van der Waals surface area contributed by atoms with Crippen LogP contribution in [0.15, 0.2) is 18.7 Å². The van der Waals surface area contributed by atoms with Crippen molar-refractivity contribution in [1.82, 2.24) is 4.98 Å². The zero-order valence-electron chi connectivity index (χ0n) is 7.47. The molecule has 0 bridgehead atoms. The Morgan fingerprint density at radius 1 is 1.53 bits per heavy atom. The summed E-state index contributed by atoms with van der Waals surface area (Å²) >= 11 is 0. The van der Waals surface area contributed by atoms with Crippen LogP contribution < -0.4 is 0 Å². The number of ether oxygens (including phenoxy) is 1. The van der Waals surface area contributed by atoms with Gasteiger partial charge in [-0.05, 0) is 0 Å². The maximum absolute atomic E-state index is 12.9.